The summed E-state index contributed by atoms with van der Waals surface area (Å²) in [5, 5.41) is 3.43. The highest BCUT2D eigenvalue weighted by atomic mass is 35.5. The molecule has 1 N–H and O–H groups in total. The molecule has 10 heteroatoms. The topological polar surface area (TPSA) is 86.8 Å². The van der Waals surface area contributed by atoms with Gasteiger partial charge in [0.15, 0.2) is 0 Å². The normalized spacial score (nSPS) is 12.0. The first-order chi connectivity index (χ1) is 17.5. The summed E-state index contributed by atoms with van der Waals surface area (Å²) in [6.07, 6.45) is 0. The molecule has 0 spiro atoms. The Balaban J connectivity index is 2.03. The van der Waals surface area contributed by atoms with E-state index >= 15 is 0 Å². The van der Waals surface area contributed by atoms with Crippen LogP contribution in [0.4, 0.5) is 5.69 Å². The molecule has 7 nitrogen and oxygen atoms in total. The second-order valence-corrected chi connectivity index (χ2v) is 11.2. The minimum atomic E-state index is -4.17. The van der Waals surface area contributed by atoms with Crippen molar-refractivity contribution in [1.29, 1.82) is 0 Å². The molecule has 3 rings (SSSR count). The number of sulfonamides is 1. The number of para-hydroxylation sites is 1. The first kappa shape index (κ1) is 28.5. The summed E-state index contributed by atoms with van der Waals surface area (Å²) in [6.45, 7) is 5.14. The quantitative estimate of drug-likeness (QED) is 0.375. The Bertz CT molecular complexity index is 1350. The molecule has 0 fully saturated rings. The largest absolute Gasteiger partial charge is 0.355 e. The SMILES string of the molecule is CCNC(=O)C(C)N(Cc1ccc(Cl)cc1)C(=O)CN(c1ccccc1Cl)S(=O)(=O)c1ccc(C)cc1. The van der Waals surface area contributed by atoms with Crippen LogP contribution in [0.25, 0.3) is 0 Å². The number of hydrogen-bond donors (Lipinski definition) is 1. The molecule has 0 aromatic heterocycles. The minimum Gasteiger partial charge on any atom is -0.355 e. The third-order valence-corrected chi connectivity index (χ3v) is 8.14. The number of likely N-dealkylation sites (N-methyl/N-ethyl adjacent to an activating group) is 1. The second kappa shape index (κ2) is 12.4. The van der Waals surface area contributed by atoms with Gasteiger partial charge >= 0.3 is 0 Å². The number of hydrogen-bond acceptors (Lipinski definition) is 4. The molecule has 3 aromatic rings. The fourth-order valence-corrected chi connectivity index (χ4v) is 5.54. The number of aryl methyl sites for hydroxylation is 1. The van der Waals surface area contributed by atoms with Gasteiger partial charge in [0, 0.05) is 18.1 Å². The number of carbonyl (C=O) groups excluding carboxylic acids is 2. The van der Waals surface area contributed by atoms with Crippen molar-refractivity contribution < 1.29 is 18.0 Å². The van der Waals surface area contributed by atoms with E-state index in [0.29, 0.717) is 11.6 Å². The maximum atomic E-state index is 13.8. The van der Waals surface area contributed by atoms with Crippen molar-refractivity contribution in [2.75, 3.05) is 17.4 Å². The maximum Gasteiger partial charge on any atom is 0.264 e. The van der Waals surface area contributed by atoms with E-state index in [0.717, 1.165) is 15.4 Å². The van der Waals surface area contributed by atoms with Crippen molar-refractivity contribution in [2.24, 2.45) is 0 Å². The van der Waals surface area contributed by atoms with Crippen LogP contribution in [0.2, 0.25) is 10.0 Å². The number of anilines is 1. The van der Waals surface area contributed by atoms with Gasteiger partial charge in [-0.15, -0.1) is 0 Å². The summed E-state index contributed by atoms with van der Waals surface area (Å²) in [5.41, 5.74) is 1.79. The predicted octanol–water partition coefficient (Wildman–Crippen LogP) is 5.05. The average molecular weight is 563 g/mol. The smallest absolute Gasteiger partial charge is 0.264 e. The van der Waals surface area contributed by atoms with Crippen LogP contribution < -0.4 is 9.62 Å². The van der Waals surface area contributed by atoms with Crippen molar-refractivity contribution in [1.82, 2.24) is 10.2 Å². The molecule has 3 aromatic carbocycles. The first-order valence-corrected chi connectivity index (χ1v) is 13.9. The van der Waals surface area contributed by atoms with Crippen LogP contribution in [0, 0.1) is 6.92 Å². The summed E-state index contributed by atoms with van der Waals surface area (Å²) >= 11 is 12.4. The van der Waals surface area contributed by atoms with Gasteiger partial charge in [-0.1, -0.05) is 65.2 Å². The molecule has 0 radical (unpaired) electrons. The van der Waals surface area contributed by atoms with Gasteiger partial charge in [-0.2, -0.15) is 0 Å². The number of carbonyl (C=O) groups is 2. The van der Waals surface area contributed by atoms with Gasteiger partial charge in [0.2, 0.25) is 11.8 Å². The summed E-state index contributed by atoms with van der Waals surface area (Å²) in [5.74, 6) is -0.917. The number of nitrogens with one attached hydrogen (secondary N) is 1. The Hall–Kier alpha value is -3.07. The van der Waals surface area contributed by atoms with Gasteiger partial charge in [0.05, 0.1) is 15.6 Å². The molecule has 0 saturated carbocycles. The molecule has 1 unspecified atom stereocenters. The second-order valence-electron chi connectivity index (χ2n) is 8.49. The molecule has 37 heavy (non-hydrogen) atoms. The van der Waals surface area contributed by atoms with E-state index in [4.69, 9.17) is 23.2 Å². The third kappa shape index (κ3) is 7.03. The third-order valence-electron chi connectivity index (χ3n) is 5.79. The van der Waals surface area contributed by atoms with E-state index < -0.39 is 28.5 Å². The van der Waals surface area contributed by atoms with Crippen molar-refractivity contribution in [3.63, 3.8) is 0 Å². The van der Waals surface area contributed by atoms with Gasteiger partial charge in [-0.05, 0) is 62.7 Å². The van der Waals surface area contributed by atoms with Crippen LogP contribution >= 0.6 is 23.2 Å². The number of rotatable bonds is 10. The molecule has 0 bridgehead atoms. The molecule has 0 aliphatic carbocycles. The van der Waals surface area contributed by atoms with Crippen LogP contribution in [0.5, 0.6) is 0 Å². The molecule has 0 aliphatic heterocycles. The fourth-order valence-electron chi connectivity index (χ4n) is 3.70. The lowest BCUT2D eigenvalue weighted by molar-refractivity contribution is -0.139. The zero-order valence-electron chi connectivity index (χ0n) is 20.8. The van der Waals surface area contributed by atoms with Gasteiger partial charge in [0.1, 0.15) is 12.6 Å². The number of nitrogens with zero attached hydrogens (tertiary/aromatic N) is 2. The molecular formula is C27H29Cl2N3O4S. The van der Waals surface area contributed by atoms with E-state index in [9.17, 15) is 18.0 Å². The molecule has 1 atom stereocenters. The molecule has 196 valence electrons. The fraction of sp³-hybridized carbons (Fsp3) is 0.259. The lowest BCUT2D eigenvalue weighted by Gasteiger charge is -2.32. The molecule has 2 amide bonds. The van der Waals surface area contributed by atoms with E-state index in [-0.39, 0.29) is 28.1 Å². The summed E-state index contributed by atoms with van der Waals surface area (Å²) in [7, 11) is -4.17. The predicted molar refractivity (Wildman–Crippen MR) is 147 cm³/mol. The summed E-state index contributed by atoms with van der Waals surface area (Å²) < 4.78 is 28.5. The van der Waals surface area contributed by atoms with Crippen molar-refractivity contribution in [2.45, 2.75) is 38.3 Å². The van der Waals surface area contributed by atoms with Gasteiger partial charge in [0.25, 0.3) is 10.0 Å². The maximum absolute atomic E-state index is 13.8. The highest BCUT2D eigenvalue weighted by Gasteiger charge is 2.33. The van der Waals surface area contributed by atoms with Crippen molar-refractivity contribution in [3.8, 4) is 0 Å². The van der Waals surface area contributed by atoms with Crippen molar-refractivity contribution in [3.05, 3.63) is 94.0 Å². The van der Waals surface area contributed by atoms with Crippen molar-refractivity contribution >= 4 is 50.7 Å². The van der Waals surface area contributed by atoms with Gasteiger partial charge in [-0.25, -0.2) is 8.42 Å². The highest BCUT2D eigenvalue weighted by molar-refractivity contribution is 7.92. The molecule has 0 heterocycles. The number of amides is 2. The minimum absolute atomic E-state index is 0.0202. The zero-order chi connectivity index (χ0) is 27.2. The lowest BCUT2D eigenvalue weighted by atomic mass is 10.1. The standard InChI is InChI=1S/C27H29Cl2N3O4S/c1-4-30-27(34)20(3)31(17-21-11-13-22(28)14-12-21)26(33)18-32(25-8-6-5-7-24(25)29)37(35,36)23-15-9-19(2)10-16-23/h5-16,20H,4,17-18H2,1-3H3,(H,30,34). The lowest BCUT2D eigenvalue weighted by Crippen LogP contribution is -2.51. The Kier molecular flexibility index (Phi) is 9.59. The first-order valence-electron chi connectivity index (χ1n) is 11.7. The van der Waals surface area contributed by atoms with Gasteiger partial charge < -0.3 is 10.2 Å². The number of benzene rings is 3. The molecule has 0 saturated heterocycles. The van der Waals surface area contributed by atoms with Crippen LogP contribution in [0.3, 0.4) is 0 Å². The average Bonchev–Trinajstić information content (AvgIpc) is 2.87. The Labute approximate surface area is 228 Å². The van der Waals surface area contributed by atoms with Crippen LogP contribution in [0.1, 0.15) is 25.0 Å². The van der Waals surface area contributed by atoms with E-state index in [2.05, 4.69) is 5.32 Å². The van der Waals surface area contributed by atoms with Gasteiger partial charge in [-0.3, -0.25) is 13.9 Å². The summed E-state index contributed by atoms with van der Waals surface area (Å²) in [6, 6.07) is 18.8. The molecular weight excluding hydrogens is 533 g/mol. The monoisotopic (exact) mass is 561 g/mol. The highest BCUT2D eigenvalue weighted by Crippen LogP contribution is 2.31. The van der Waals surface area contributed by atoms with E-state index in [1.807, 2.05) is 6.92 Å². The van der Waals surface area contributed by atoms with Crippen LogP contribution in [-0.4, -0.2) is 44.3 Å². The Morgan fingerprint density at radius 1 is 0.946 bits per heavy atom. The zero-order valence-corrected chi connectivity index (χ0v) is 23.1. The van der Waals surface area contributed by atoms with E-state index in [1.165, 1.54) is 23.1 Å². The van der Waals surface area contributed by atoms with Crippen LogP contribution in [-0.2, 0) is 26.2 Å². The Morgan fingerprint density at radius 2 is 1.57 bits per heavy atom. The Morgan fingerprint density at radius 3 is 2.16 bits per heavy atom. The molecule has 0 aliphatic rings. The number of halogens is 2. The summed E-state index contributed by atoms with van der Waals surface area (Å²) in [4.78, 5) is 27.8. The van der Waals surface area contributed by atoms with E-state index in [1.54, 1.807) is 68.4 Å². The van der Waals surface area contributed by atoms with Crippen LogP contribution in [0.15, 0.2) is 77.7 Å².